The van der Waals surface area contributed by atoms with Crippen molar-refractivity contribution in [3.05, 3.63) is 35.4 Å². The van der Waals surface area contributed by atoms with Gasteiger partial charge in [-0.2, -0.15) is 0 Å². The van der Waals surface area contributed by atoms with Gasteiger partial charge in [0.1, 0.15) is 0 Å². The van der Waals surface area contributed by atoms with Crippen LogP contribution in [0, 0.1) is 0 Å². The van der Waals surface area contributed by atoms with E-state index in [9.17, 15) is 4.79 Å². The summed E-state index contributed by atoms with van der Waals surface area (Å²) in [6.45, 7) is 5.33. The predicted molar refractivity (Wildman–Crippen MR) is 67.1 cm³/mol. The van der Waals surface area contributed by atoms with Gasteiger partial charge in [0.2, 0.25) is 0 Å². The highest BCUT2D eigenvalue weighted by atomic mass is 16.4. The second-order valence-electron chi connectivity index (χ2n) is 4.95. The van der Waals surface area contributed by atoms with Gasteiger partial charge < -0.3 is 5.11 Å². The van der Waals surface area contributed by atoms with Crippen LogP contribution < -0.4 is 0 Å². The molecule has 0 amide bonds. The maximum atomic E-state index is 10.9. The summed E-state index contributed by atoms with van der Waals surface area (Å²) < 4.78 is 0. The Morgan fingerprint density at radius 1 is 1.35 bits per heavy atom. The van der Waals surface area contributed by atoms with E-state index in [2.05, 4.69) is 18.7 Å². The predicted octanol–water partition coefficient (Wildman–Crippen LogP) is 2.76. The average molecular weight is 233 g/mol. The Morgan fingerprint density at radius 2 is 2.00 bits per heavy atom. The summed E-state index contributed by atoms with van der Waals surface area (Å²) in [5.41, 5.74) is 1.47. The fourth-order valence-corrected chi connectivity index (χ4v) is 2.57. The van der Waals surface area contributed by atoms with Crippen molar-refractivity contribution in [1.29, 1.82) is 0 Å². The molecule has 2 atom stereocenters. The van der Waals surface area contributed by atoms with Crippen molar-refractivity contribution >= 4 is 5.97 Å². The van der Waals surface area contributed by atoms with Crippen LogP contribution in [0.15, 0.2) is 24.3 Å². The molecular formula is C14H19NO2. The summed E-state index contributed by atoms with van der Waals surface area (Å²) >= 11 is 0. The molecule has 0 bridgehead atoms. The van der Waals surface area contributed by atoms with Crippen LogP contribution in [0.1, 0.15) is 42.6 Å². The van der Waals surface area contributed by atoms with Gasteiger partial charge in [0.15, 0.2) is 0 Å². The van der Waals surface area contributed by atoms with E-state index in [1.165, 1.54) is 12.8 Å². The second kappa shape index (κ2) is 4.88. The average Bonchev–Trinajstić information content (AvgIpc) is 2.61. The quantitative estimate of drug-likeness (QED) is 0.872. The SMILES string of the molecule is CC1CCC(C)N1Cc1cccc(C(=O)O)c1. The van der Waals surface area contributed by atoms with E-state index in [-0.39, 0.29) is 0 Å². The minimum atomic E-state index is -0.852. The number of nitrogens with zero attached hydrogens (tertiary/aromatic N) is 1. The lowest BCUT2D eigenvalue weighted by Gasteiger charge is -2.26. The van der Waals surface area contributed by atoms with Gasteiger partial charge in [-0.05, 0) is 44.4 Å². The summed E-state index contributed by atoms with van der Waals surface area (Å²) in [4.78, 5) is 13.4. The number of hydrogen-bond acceptors (Lipinski definition) is 2. The highest BCUT2D eigenvalue weighted by Crippen LogP contribution is 2.25. The number of hydrogen-bond donors (Lipinski definition) is 1. The first kappa shape index (κ1) is 12.1. The normalized spacial score (nSPS) is 25.1. The number of likely N-dealkylation sites (tertiary alicyclic amines) is 1. The van der Waals surface area contributed by atoms with E-state index in [0.29, 0.717) is 17.6 Å². The van der Waals surface area contributed by atoms with Gasteiger partial charge >= 0.3 is 5.97 Å². The van der Waals surface area contributed by atoms with Crippen LogP contribution in [-0.4, -0.2) is 28.1 Å². The first-order chi connectivity index (χ1) is 8.08. The van der Waals surface area contributed by atoms with Crippen molar-refractivity contribution in [2.75, 3.05) is 0 Å². The van der Waals surface area contributed by atoms with Crippen LogP contribution in [0.25, 0.3) is 0 Å². The van der Waals surface area contributed by atoms with E-state index >= 15 is 0 Å². The molecule has 1 aliphatic heterocycles. The van der Waals surface area contributed by atoms with Crippen LogP contribution in [-0.2, 0) is 6.54 Å². The van der Waals surface area contributed by atoms with Gasteiger partial charge in [0.05, 0.1) is 5.56 Å². The molecule has 1 N–H and O–H groups in total. The zero-order chi connectivity index (χ0) is 12.4. The minimum Gasteiger partial charge on any atom is -0.478 e. The molecule has 1 aromatic carbocycles. The van der Waals surface area contributed by atoms with Crippen molar-refractivity contribution in [1.82, 2.24) is 4.90 Å². The number of benzene rings is 1. The standard InChI is InChI=1S/C14H19NO2/c1-10-6-7-11(2)15(10)9-12-4-3-5-13(8-12)14(16)17/h3-5,8,10-11H,6-7,9H2,1-2H3,(H,16,17). The molecule has 0 aromatic heterocycles. The first-order valence-corrected chi connectivity index (χ1v) is 6.16. The number of rotatable bonds is 3. The van der Waals surface area contributed by atoms with Crippen LogP contribution in [0.4, 0.5) is 0 Å². The van der Waals surface area contributed by atoms with Crippen LogP contribution in [0.5, 0.6) is 0 Å². The fourth-order valence-electron chi connectivity index (χ4n) is 2.57. The third-order valence-electron chi connectivity index (χ3n) is 3.67. The fraction of sp³-hybridized carbons (Fsp3) is 0.500. The number of carbonyl (C=O) groups is 1. The Balaban J connectivity index is 2.13. The monoisotopic (exact) mass is 233 g/mol. The van der Waals surface area contributed by atoms with E-state index in [0.717, 1.165) is 12.1 Å². The lowest BCUT2D eigenvalue weighted by atomic mass is 10.1. The molecule has 1 heterocycles. The Bertz CT molecular complexity index is 406. The molecule has 0 spiro atoms. The van der Waals surface area contributed by atoms with Crippen LogP contribution in [0.3, 0.4) is 0 Å². The highest BCUT2D eigenvalue weighted by Gasteiger charge is 2.26. The molecule has 1 fully saturated rings. The van der Waals surface area contributed by atoms with Crippen LogP contribution >= 0.6 is 0 Å². The lowest BCUT2D eigenvalue weighted by Crippen LogP contribution is -2.32. The molecule has 92 valence electrons. The number of aromatic carboxylic acids is 1. The molecular weight excluding hydrogens is 214 g/mol. The van der Waals surface area contributed by atoms with Crippen molar-refractivity contribution in [3.8, 4) is 0 Å². The molecule has 1 aromatic rings. The highest BCUT2D eigenvalue weighted by molar-refractivity contribution is 5.87. The smallest absolute Gasteiger partial charge is 0.335 e. The van der Waals surface area contributed by atoms with Gasteiger partial charge in [0.25, 0.3) is 0 Å². The summed E-state index contributed by atoms with van der Waals surface area (Å²) in [6.07, 6.45) is 2.47. The maximum absolute atomic E-state index is 10.9. The summed E-state index contributed by atoms with van der Waals surface area (Å²) in [7, 11) is 0. The van der Waals surface area contributed by atoms with E-state index in [4.69, 9.17) is 5.11 Å². The Kier molecular flexibility index (Phi) is 3.48. The van der Waals surface area contributed by atoms with E-state index in [1.807, 2.05) is 12.1 Å². The summed E-state index contributed by atoms with van der Waals surface area (Å²) in [5.74, 6) is -0.852. The topological polar surface area (TPSA) is 40.5 Å². The van der Waals surface area contributed by atoms with Crippen molar-refractivity contribution in [2.45, 2.75) is 45.3 Å². The van der Waals surface area contributed by atoms with Crippen molar-refractivity contribution in [3.63, 3.8) is 0 Å². The number of carboxylic acids is 1. The molecule has 0 aliphatic carbocycles. The second-order valence-corrected chi connectivity index (χ2v) is 4.95. The summed E-state index contributed by atoms with van der Waals surface area (Å²) in [6, 6.07) is 8.44. The molecule has 3 nitrogen and oxygen atoms in total. The van der Waals surface area contributed by atoms with Crippen molar-refractivity contribution < 1.29 is 9.90 Å². The van der Waals surface area contributed by atoms with Gasteiger partial charge in [0, 0.05) is 18.6 Å². The van der Waals surface area contributed by atoms with Gasteiger partial charge in [-0.3, -0.25) is 4.90 Å². The third kappa shape index (κ3) is 2.67. The van der Waals surface area contributed by atoms with E-state index in [1.54, 1.807) is 12.1 Å². The Morgan fingerprint density at radius 3 is 2.59 bits per heavy atom. The molecule has 2 unspecified atom stereocenters. The molecule has 0 saturated carbocycles. The molecule has 3 heteroatoms. The van der Waals surface area contributed by atoms with Crippen LogP contribution in [0.2, 0.25) is 0 Å². The third-order valence-corrected chi connectivity index (χ3v) is 3.67. The lowest BCUT2D eigenvalue weighted by molar-refractivity contribution is 0.0696. The molecule has 2 rings (SSSR count). The molecule has 1 aliphatic rings. The Labute approximate surface area is 102 Å². The minimum absolute atomic E-state index is 0.377. The summed E-state index contributed by atoms with van der Waals surface area (Å²) in [5, 5.41) is 8.96. The van der Waals surface area contributed by atoms with Gasteiger partial charge in [-0.25, -0.2) is 4.79 Å². The zero-order valence-corrected chi connectivity index (χ0v) is 10.4. The van der Waals surface area contributed by atoms with Gasteiger partial charge in [-0.15, -0.1) is 0 Å². The molecule has 1 saturated heterocycles. The molecule has 0 radical (unpaired) electrons. The molecule has 17 heavy (non-hydrogen) atoms. The van der Waals surface area contributed by atoms with E-state index < -0.39 is 5.97 Å². The van der Waals surface area contributed by atoms with Gasteiger partial charge in [-0.1, -0.05) is 12.1 Å². The Hall–Kier alpha value is -1.35. The number of carboxylic acid groups (broad SMARTS) is 1. The largest absolute Gasteiger partial charge is 0.478 e. The first-order valence-electron chi connectivity index (χ1n) is 6.16. The zero-order valence-electron chi connectivity index (χ0n) is 10.4. The maximum Gasteiger partial charge on any atom is 0.335 e. The van der Waals surface area contributed by atoms with Crippen molar-refractivity contribution in [2.24, 2.45) is 0 Å².